The summed E-state index contributed by atoms with van der Waals surface area (Å²) in [5, 5.41) is 7.20. The zero-order valence-corrected chi connectivity index (χ0v) is 11.7. The summed E-state index contributed by atoms with van der Waals surface area (Å²) in [6.45, 7) is 9.52. The molecule has 0 bridgehead atoms. The summed E-state index contributed by atoms with van der Waals surface area (Å²) in [7, 11) is 0. The Kier molecular flexibility index (Phi) is 4.99. The van der Waals surface area contributed by atoms with Crippen molar-refractivity contribution in [3.05, 3.63) is 5.82 Å². The minimum Gasteiger partial charge on any atom is -0.462 e. The molecule has 0 amide bonds. The number of hydrogen-bond donors (Lipinski definition) is 1. The van der Waals surface area contributed by atoms with Crippen LogP contribution in [0.2, 0.25) is 0 Å². The Labute approximate surface area is 106 Å². The van der Waals surface area contributed by atoms with Crippen LogP contribution in [0.5, 0.6) is 0 Å². The van der Waals surface area contributed by atoms with Gasteiger partial charge in [0.1, 0.15) is 11.1 Å². The van der Waals surface area contributed by atoms with Crippen LogP contribution in [-0.2, 0) is 9.53 Å². The van der Waals surface area contributed by atoms with E-state index in [1.54, 1.807) is 6.92 Å². The fraction of sp³-hybridized carbons (Fsp3) is 0.727. The van der Waals surface area contributed by atoms with Gasteiger partial charge in [-0.05, 0) is 20.8 Å². The molecule has 1 atom stereocenters. The zero-order valence-electron chi connectivity index (χ0n) is 10.9. The second-order valence-corrected chi connectivity index (χ2v) is 5.71. The molecule has 0 saturated heterocycles. The third kappa shape index (κ3) is 4.38. The van der Waals surface area contributed by atoms with E-state index >= 15 is 0 Å². The van der Waals surface area contributed by atoms with Crippen molar-refractivity contribution in [3.8, 4) is 0 Å². The summed E-state index contributed by atoms with van der Waals surface area (Å²) in [6, 6.07) is 0. The SMILES string of the molecule is CC(C)OC(=O)C(C)Sc1n[nH]c(C(C)C)n1. The number of aromatic nitrogens is 3. The number of carbonyl (C=O) groups is 1. The first-order chi connectivity index (χ1) is 7.90. The average Bonchev–Trinajstić information content (AvgIpc) is 2.65. The molecule has 0 aliphatic rings. The Bertz CT molecular complexity index is 377. The van der Waals surface area contributed by atoms with Crippen molar-refractivity contribution in [1.82, 2.24) is 15.2 Å². The molecule has 96 valence electrons. The molecule has 0 fully saturated rings. The molecule has 17 heavy (non-hydrogen) atoms. The molecule has 0 aromatic carbocycles. The molecule has 0 aliphatic carbocycles. The van der Waals surface area contributed by atoms with Crippen molar-refractivity contribution in [1.29, 1.82) is 0 Å². The zero-order chi connectivity index (χ0) is 13.0. The maximum Gasteiger partial charge on any atom is 0.319 e. The number of nitrogens with one attached hydrogen (secondary N) is 1. The van der Waals surface area contributed by atoms with Crippen molar-refractivity contribution in [2.24, 2.45) is 0 Å². The van der Waals surface area contributed by atoms with Gasteiger partial charge in [0.05, 0.1) is 6.10 Å². The molecule has 1 aromatic heterocycles. The summed E-state index contributed by atoms with van der Waals surface area (Å²) in [5.74, 6) is 0.896. The average molecular weight is 257 g/mol. The van der Waals surface area contributed by atoms with Crippen LogP contribution in [-0.4, -0.2) is 32.5 Å². The lowest BCUT2D eigenvalue weighted by atomic mass is 10.2. The van der Waals surface area contributed by atoms with Crippen LogP contribution in [0.25, 0.3) is 0 Å². The van der Waals surface area contributed by atoms with Crippen LogP contribution >= 0.6 is 11.8 Å². The van der Waals surface area contributed by atoms with Crippen LogP contribution in [0.4, 0.5) is 0 Å². The standard InChI is InChI=1S/C11H19N3O2S/c1-6(2)9-12-11(14-13-9)17-8(5)10(15)16-7(3)4/h6-8H,1-5H3,(H,12,13,14). The highest BCUT2D eigenvalue weighted by Crippen LogP contribution is 2.22. The molecule has 1 unspecified atom stereocenters. The van der Waals surface area contributed by atoms with Gasteiger partial charge in [0, 0.05) is 5.92 Å². The van der Waals surface area contributed by atoms with Crippen molar-refractivity contribution in [2.75, 3.05) is 0 Å². The van der Waals surface area contributed by atoms with E-state index in [0.29, 0.717) is 11.1 Å². The van der Waals surface area contributed by atoms with Crippen molar-refractivity contribution in [2.45, 2.75) is 57.0 Å². The minimum absolute atomic E-state index is 0.0936. The number of aromatic amines is 1. The molecule has 0 saturated carbocycles. The molecule has 1 aromatic rings. The van der Waals surface area contributed by atoms with E-state index in [-0.39, 0.29) is 17.3 Å². The van der Waals surface area contributed by atoms with Gasteiger partial charge in [-0.1, -0.05) is 25.6 Å². The summed E-state index contributed by atoms with van der Waals surface area (Å²) in [4.78, 5) is 15.9. The van der Waals surface area contributed by atoms with Crippen LogP contribution in [0.3, 0.4) is 0 Å². The van der Waals surface area contributed by atoms with Gasteiger partial charge in [-0.25, -0.2) is 4.98 Å². The number of nitrogens with zero attached hydrogens (tertiary/aromatic N) is 2. The minimum atomic E-state index is -0.298. The van der Waals surface area contributed by atoms with Crippen molar-refractivity contribution >= 4 is 17.7 Å². The van der Waals surface area contributed by atoms with E-state index in [0.717, 1.165) is 5.82 Å². The number of thioether (sulfide) groups is 1. The van der Waals surface area contributed by atoms with Gasteiger partial charge < -0.3 is 4.74 Å². The maximum absolute atomic E-state index is 11.6. The third-order valence-electron chi connectivity index (χ3n) is 2.00. The van der Waals surface area contributed by atoms with Gasteiger partial charge in [-0.15, -0.1) is 5.10 Å². The van der Waals surface area contributed by atoms with Gasteiger partial charge in [-0.3, -0.25) is 9.89 Å². The first-order valence-corrected chi connectivity index (χ1v) is 6.57. The van der Waals surface area contributed by atoms with Crippen LogP contribution in [0, 0.1) is 0 Å². The first kappa shape index (κ1) is 14.0. The monoisotopic (exact) mass is 257 g/mol. The highest BCUT2D eigenvalue weighted by atomic mass is 32.2. The predicted octanol–water partition coefficient (Wildman–Crippen LogP) is 2.36. The maximum atomic E-state index is 11.6. The smallest absolute Gasteiger partial charge is 0.319 e. The molecule has 0 radical (unpaired) electrons. The molecule has 0 aliphatic heterocycles. The molecule has 1 N–H and O–H groups in total. The molecule has 1 rings (SSSR count). The Hall–Kier alpha value is -1.04. The van der Waals surface area contributed by atoms with E-state index in [1.165, 1.54) is 11.8 Å². The van der Waals surface area contributed by atoms with Crippen LogP contribution in [0.15, 0.2) is 5.16 Å². The number of H-pyrrole nitrogens is 1. The summed E-state index contributed by atoms with van der Waals surface area (Å²) < 4.78 is 5.11. The normalized spacial score (nSPS) is 13.1. The summed E-state index contributed by atoms with van der Waals surface area (Å²) in [6.07, 6.45) is -0.0936. The quantitative estimate of drug-likeness (QED) is 0.648. The molecule has 1 heterocycles. The summed E-state index contributed by atoms with van der Waals surface area (Å²) in [5.41, 5.74) is 0. The number of hydrogen-bond acceptors (Lipinski definition) is 5. The molecule has 5 nitrogen and oxygen atoms in total. The largest absolute Gasteiger partial charge is 0.462 e. The lowest BCUT2D eigenvalue weighted by Crippen LogP contribution is -2.20. The fourth-order valence-electron chi connectivity index (χ4n) is 1.10. The van der Waals surface area contributed by atoms with Crippen LogP contribution < -0.4 is 0 Å². The Morgan fingerprint density at radius 2 is 1.94 bits per heavy atom. The third-order valence-corrected chi connectivity index (χ3v) is 2.93. The molecular formula is C11H19N3O2S. The number of rotatable bonds is 5. The Morgan fingerprint density at radius 3 is 2.41 bits per heavy atom. The van der Waals surface area contributed by atoms with Crippen molar-refractivity contribution in [3.63, 3.8) is 0 Å². The van der Waals surface area contributed by atoms with Gasteiger partial charge in [0.25, 0.3) is 0 Å². The second-order valence-electron chi connectivity index (χ2n) is 4.40. The molecular weight excluding hydrogens is 238 g/mol. The first-order valence-electron chi connectivity index (χ1n) is 5.69. The topological polar surface area (TPSA) is 67.9 Å². The Balaban J connectivity index is 2.55. The lowest BCUT2D eigenvalue weighted by molar-refractivity contribution is -0.146. The molecule has 0 spiro atoms. The number of ether oxygens (including phenoxy) is 1. The van der Waals surface area contributed by atoms with Gasteiger partial charge >= 0.3 is 5.97 Å². The fourth-order valence-corrected chi connectivity index (χ4v) is 1.82. The highest BCUT2D eigenvalue weighted by Gasteiger charge is 2.19. The van der Waals surface area contributed by atoms with E-state index in [4.69, 9.17) is 4.74 Å². The molecule has 6 heteroatoms. The predicted molar refractivity (Wildman–Crippen MR) is 67.0 cm³/mol. The Morgan fingerprint density at radius 1 is 1.29 bits per heavy atom. The van der Waals surface area contributed by atoms with Gasteiger partial charge in [-0.2, -0.15) is 0 Å². The highest BCUT2D eigenvalue weighted by molar-refractivity contribution is 8.00. The number of esters is 1. The van der Waals surface area contributed by atoms with E-state index in [1.807, 2.05) is 27.7 Å². The van der Waals surface area contributed by atoms with E-state index in [9.17, 15) is 4.79 Å². The van der Waals surface area contributed by atoms with E-state index in [2.05, 4.69) is 15.2 Å². The lowest BCUT2D eigenvalue weighted by Gasteiger charge is -2.11. The number of carbonyl (C=O) groups excluding carboxylic acids is 1. The van der Waals surface area contributed by atoms with E-state index < -0.39 is 0 Å². The van der Waals surface area contributed by atoms with Gasteiger partial charge in [0.2, 0.25) is 5.16 Å². The van der Waals surface area contributed by atoms with Crippen LogP contribution in [0.1, 0.15) is 46.4 Å². The second kappa shape index (κ2) is 6.05. The van der Waals surface area contributed by atoms with Crippen molar-refractivity contribution < 1.29 is 9.53 Å². The van der Waals surface area contributed by atoms with Gasteiger partial charge in [0.15, 0.2) is 0 Å². The summed E-state index contributed by atoms with van der Waals surface area (Å²) >= 11 is 1.30.